The van der Waals surface area contributed by atoms with Crippen LogP contribution in [0.3, 0.4) is 0 Å². The summed E-state index contributed by atoms with van der Waals surface area (Å²) in [5.41, 5.74) is 1.20. The number of hydrogen-bond acceptors (Lipinski definition) is 4. The number of aromatic nitrogens is 2. The van der Waals surface area contributed by atoms with Gasteiger partial charge in [0, 0.05) is 6.04 Å². The highest BCUT2D eigenvalue weighted by molar-refractivity contribution is 7.05. The van der Waals surface area contributed by atoms with Crippen molar-refractivity contribution in [2.75, 3.05) is 7.05 Å². The van der Waals surface area contributed by atoms with E-state index in [9.17, 15) is 0 Å². The zero-order valence-corrected chi connectivity index (χ0v) is 11.4. The van der Waals surface area contributed by atoms with Gasteiger partial charge in [-0.25, -0.2) is 0 Å². The molecule has 0 fully saturated rings. The van der Waals surface area contributed by atoms with Gasteiger partial charge in [0.2, 0.25) is 0 Å². The van der Waals surface area contributed by atoms with Crippen LogP contribution in [0.2, 0.25) is 0 Å². The normalized spacial score (nSPS) is 12.9. The van der Waals surface area contributed by atoms with Crippen LogP contribution in [-0.4, -0.2) is 16.6 Å². The molecule has 0 spiro atoms. The molecule has 0 amide bonds. The molecule has 4 heteroatoms. The van der Waals surface area contributed by atoms with E-state index in [-0.39, 0.29) is 0 Å². The molecule has 0 aromatic carbocycles. The van der Waals surface area contributed by atoms with Crippen LogP contribution >= 0.6 is 11.5 Å². The third kappa shape index (κ3) is 3.83. The summed E-state index contributed by atoms with van der Waals surface area (Å²) in [5, 5.41) is 7.62. The summed E-state index contributed by atoms with van der Waals surface area (Å²) in [4.78, 5) is 1.35. The molecule has 1 N–H and O–H groups in total. The molecule has 1 atom stereocenters. The summed E-state index contributed by atoms with van der Waals surface area (Å²) in [7, 11) is 2.03. The second kappa shape index (κ2) is 7.74. The van der Waals surface area contributed by atoms with Gasteiger partial charge in [-0.05, 0) is 31.4 Å². The molecule has 16 heavy (non-hydrogen) atoms. The summed E-state index contributed by atoms with van der Waals surface area (Å²) >= 11 is 1.56. The molecule has 1 aromatic heterocycles. The molecular formula is C12H23N3S. The van der Waals surface area contributed by atoms with Gasteiger partial charge in [-0.15, -0.1) is 5.10 Å². The van der Waals surface area contributed by atoms with Gasteiger partial charge in [0.15, 0.2) is 0 Å². The molecule has 1 rings (SSSR count). The molecule has 0 aliphatic rings. The van der Waals surface area contributed by atoms with Gasteiger partial charge in [0.1, 0.15) is 0 Å². The maximum atomic E-state index is 4.23. The van der Waals surface area contributed by atoms with Gasteiger partial charge in [-0.1, -0.05) is 44.0 Å². The highest BCUT2D eigenvalue weighted by Crippen LogP contribution is 2.25. The van der Waals surface area contributed by atoms with E-state index in [4.69, 9.17) is 0 Å². The van der Waals surface area contributed by atoms with Crippen molar-refractivity contribution in [2.45, 2.75) is 58.4 Å². The van der Waals surface area contributed by atoms with E-state index in [1.165, 1.54) is 36.3 Å². The van der Waals surface area contributed by atoms with Crippen LogP contribution in [-0.2, 0) is 6.42 Å². The predicted octanol–water partition coefficient (Wildman–Crippen LogP) is 3.33. The van der Waals surface area contributed by atoms with Crippen LogP contribution in [0.25, 0.3) is 0 Å². The van der Waals surface area contributed by atoms with E-state index in [1.807, 2.05) is 7.05 Å². The number of unbranched alkanes of at least 4 members (excludes halogenated alkanes) is 2. The smallest absolute Gasteiger partial charge is 0.0803 e. The van der Waals surface area contributed by atoms with Crippen LogP contribution in [0.15, 0.2) is 0 Å². The van der Waals surface area contributed by atoms with E-state index in [0.717, 1.165) is 12.8 Å². The molecule has 0 saturated heterocycles. The third-order valence-electron chi connectivity index (χ3n) is 2.83. The van der Waals surface area contributed by atoms with Crippen molar-refractivity contribution in [2.24, 2.45) is 0 Å². The molecule has 0 aliphatic heterocycles. The minimum Gasteiger partial charge on any atom is -0.312 e. The Kier molecular flexibility index (Phi) is 6.57. The van der Waals surface area contributed by atoms with Crippen LogP contribution in [0.1, 0.15) is 62.6 Å². The summed E-state index contributed by atoms with van der Waals surface area (Å²) in [6.07, 6.45) is 7.27. The molecule has 1 unspecified atom stereocenters. The molecule has 0 bridgehead atoms. The minimum atomic E-state index is 0.452. The highest BCUT2D eigenvalue weighted by atomic mass is 32.1. The van der Waals surface area contributed by atoms with Crippen molar-refractivity contribution >= 4 is 11.5 Å². The number of nitrogens with one attached hydrogen (secondary N) is 1. The standard InChI is InChI=1S/C12H23N3S/c1-4-6-7-9-10(13-3)12-11(8-5-2)14-15-16-12/h10,13H,4-9H2,1-3H3. The Balaban J connectivity index is 2.59. The molecule has 0 saturated carbocycles. The number of hydrogen-bond donors (Lipinski definition) is 1. The fourth-order valence-electron chi connectivity index (χ4n) is 1.90. The molecule has 1 aromatic rings. The number of rotatable bonds is 8. The monoisotopic (exact) mass is 241 g/mol. The zero-order chi connectivity index (χ0) is 11.8. The first kappa shape index (κ1) is 13.6. The van der Waals surface area contributed by atoms with Gasteiger partial charge in [-0.2, -0.15) is 0 Å². The van der Waals surface area contributed by atoms with Crippen LogP contribution in [0.4, 0.5) is 0 Å². The van der Waals surface area contributed by atoms with E-state index in [0.29, 0.717) is 6.04 Å². The summed E-state index contributed by atoms with van der Waals surface area (Å²) in [5.74, 6) is 0. The van der Waals surface area contributed by atoms with Gasteiger partial charge in [0.25, 0.3) is 0 Å². The highest BCUT2D eigenvalue weighted by Gasteiger charge is 2.16. The van der Waals surface area contributed by atoms with Gasteiger partial charge >= 0.3 is 0 Å². The fourth-order valence-corrected chi connectivity index (χ4v) is 2.73. The Hall–Kier alpha value is -0.480. The lowest BCUT2D eigenvalue weighted by molar-refractivity contribution is 0.514. The lowest BCUT2D eigenvalue weighted by Crippen LogP contribution is -2.16. The Morgan fingerprint density at radius 2 is 2.06 bits per heavy atom. The maximum Gasteiger partial charge on any atom is 0.0803 e. The summed E-state index contributed by atoms with van der Waals surface area (Å²) < 4.78 is 4.09. The summed E-state index contributed by atoms with van der Waals surface area (Å²) in [6, 6.07) is 0.452. The molecule has 92 valence electrons. The quantitative estimate of drug-likeness (QED) is 0.709. The lowest BCUT2D eigenvalue weighted by atomic mass is 10.0. The van der Waals surface area contributed by atoms with Gasteiger partial charge in [-0.3, -0.25) is 0 Å². The third-order valence-corrected chi connectivity index (χ3v) is 3.71. The van der Waals surface area contributed by atoms with Crippen molar-refractivity contribution in [3.05, 3.63) is 10.6 Å². The zero-order valence-electron chi connectivity index (χ0n) is 10.6. The van der Waals surface area contributed by atoms with E-state index >= 15 is 0 Å². The van der Waals surface area contributed by atoms with Crippen molar-refractivity contribution in [3.63, 3.8) is 0 Å². The minimum absolute atomic E-state index is 0.452. The van der Waals surface area contributed by atoms with E-state index < -0.39 is 0 Å². The number of aryl methyl sites for hydroxylation is 1. The average Bonchev–Trinajstić information content (AvgIpc) is 2.73. The molecule has 1 heterocycles. The fraction of sp³-hybridized carbons (Fsp3) is 0.833. The second-order valence-corrected chi connectivity index (χ2v) is 4.96. The molecule has 3 nitrogen and oxygen atoms in total. The van der Waals surface area contributed by atoms with Gasteiger partial charge < -0.3 is 5.32 Å². The molecular weight excluding hydrogens is 218 g/mol. The topological polar surface area (TPSA) is 37.8 Å². The Bertz CT molecular complexity index is 286. The lowest BCUT2D eigenvalue weighted by Gasteiger charge is -2.14. The largest absolute Gasteiger partial charge is 0.312 e. The SMILES string of the molecule is CCCCCC(NC)c1snnc1CCC. The van der Waals surface area contributed by atoms with Crippen molar-refractivity contribution in [1.29, 1.82) is 0 Å². The Labute approximate surface area is 103 Å². The van der Waals surface area contributed by atoms with Crippen molar-refractivity contribution in [3.8, 4) is 0 Å². The van der Waals surface area contributed by atoms with E-state index in [1.54, 1.807) is 11.5 Å². The number of nitrogens with zero attached hydrogens (tertiary/aromatic N) is 2. The Morgan fingerprint density at radius 1 is 1.25 bits per heavy atom. The predicted molar refractivity (Wildman–Crippen MR) is 69.8 cm³/mol. The van der Waals surface area contributed by atoms with Crippen LogP contribution < -0.4 is 5.32 Å². The first-order valence-electron chi connectivity index (χ1n) is 6.31. The van der Waals surface area contributed by atoms with E-state index in [2.05, 4.69) is 28.8 Å². The van der Waals surface area contributed by atoms with Crippen LogP contribution in [0, 0.1) is 0 Å². The molecule has 0 radical (unpaired) electrons. The van der Waals surface area contributed by atoms with Crippen molar-refractivity contribution < 1.29 is 0 Å². The second-order valence-electron chi connectivity index (χ2n) is 4.17. The summed E-state index contributed by atoms with van der Waals surface area (Å²) in [6.45, 7) is 4.43. The first-order valence-corrected chi connectivity index (χ1v) is 7.09. The first-order chi connectivity index (χ1) is 7.83. The van der Waals surface area contributed by atoms with Crippen molar-refractivity contribution in [1.82, 2.24) is 14.9 Å². The molecule has 0 aliphatic carbocycles. The average molecular weight is 241 g/mol. The van der Waals surface area contributed by atoms with Crippen LogP contribution in [0.5, 0.6) is 0 Å². The van der Waals surface area contributed by atoms with Gasteiger partial charge in [0.05, 0.1) is 10.6 Å². The maximum absolute atomic E-state index is 4.23. The Morgan fingerprint density at radius 3 is 2.69 bits per heavy atom.